The lowest BCUT2D eigenvalue weighted by Gasteiger charge is -2.11. The molecule has 19 heavy (non-hydrogen) atoms. The summed E-state index contributed by atoms with van der Waals surface area (Å²) in [6, 6.07) is 12.9. The molecule has 2 aromatic carbocycles. The Kier molecular flexibility index (Phi) is 4.45. The molecule has 0 aliphatic carbocycles. The summed E-state index contributed by atoms with van der Waals surface area (Å²) in [6.07, 6.45) is -0.498. The third-order valence-electron chi connectivity index (χ3n) is 2.71. The van der Waals surface area contributed by atoms with Crippen molar-refractivity contribution >= 4 is 15.9 Å². The topological polar surface area (TPSA) is 38.7 Å². The van der Waals surface area contributed by atoms with Crippen LogP contribution in [-0.2, 0) is 0 Å². The van der Waals surface area contributed by atoms with Gasteiger partial charge in [-0.05, 0) is 52.7 Å². The molecule has 4 heteroatoms. The van der Waals surface area contributed by atoms with Gasteiger partial charge in [0.1, 0.15) is 17.2 Å². The van der Waals surface area contributed by atoms with E-state index in [1.165, 1.54) is 0 Å². The van der Waals surface area contributed by atoms with E-state index in [0.717, 1.165) is 15.8 Å². The highest BCUT2D eigenvalue weighted by atomic mass is 79.9. The quantitative estimate of drug-likeness (QED) is 0.911. The zero-order chi connectivity index (χ0) is 13.8. The third-order valence-corrected chi connectivity index (χ3v) is 3.33. The molecule has 2 rings (SSSR count). The molecule has 0 spiro atoms. The number of rotatable bonds is 4. The van der Waals surface area contributed by atoms with Crippen molar-refractivity contribution in [3.8, 4) is 17.2 Å². The Morgan fingerprint density at radius 2 is 1.84 bits per heavy atom. The molecule has 0 saturated heterocycles. The van der Waals surface area contributed by atoms with E-state index >= 15 is 0 Å². The lowest BCUT2D eigenvalue weighted by Crippen LogP contribution is -1.92. The highest BCUT2D eigenvalue weighted by Gasteiger charge is 2.07. The summed E-state index contributed by atoms with van der Waals surface area (Å²) < 4.78 is 11.7. The van der Waals surface area contributed by atoms with E-state index in [1.54, 1.807) is 14.0 Å². The monoisotopic (exact) mass is 322 g/mol. The fourth-order valence-electron chi connectivity index (χ4n) is 1.65. The third kappa shape index (κ3) is 3.49. The van der Waals surface area contributed by atoms with Crippen molar-refractivity contribution in [3.63, 3.8) is 0 Å². The van der Waals surface area contributed by atoms with E-state index < -0.39 is 6.10 Å². The minimum absolute atomic E-state index is 0.498. The molecule has 0 aliphatic rings. The predicted molar refractivity (Wildman–Crippen MR) is 77.8 cm³/mol. The molecule has 0 amide bonds. The van der Waals surface area contributed by atoms with Gasteiger partial charge in [-0.2, -0.15) is 0 Å². The highest BCUT2D eigenvalue weighted by Crippen LogP contribution is 2.33. The van der Waals surface area contributed by atoms with Crippen molar-refractivity contribution in [2.24, 2.45) is 0 Å². The molecule has 0 fully saturated rings. The maximum atomic E-state index is 9.52. The SMILES string of the molecule is COc1cccc(Oc2ccc(C(C)O)cc2Br)c1. The summed E-state index contributed by atoms with van der Waals surface area (Å²) >= 11 is 3.44. The van der Waals surface area contributed by atoms with Gasteiger partial charge in [0.15, 0.2) is 0 Å². The van der Waals surface area contributed by atoms with Gasteiger partial charge in [0, 0.05) is 6.07 Å². The van der Waals surface area contributed by atoms with Crippen molar-refractivity contribution in [3.05, 3.63) is 52.5 Å². The van der Waals surface area contributed by atoms with Gasteiger partial charge >= 0.3 is 0 Å². The maximum absolute atomic E-state index is 9.52. The Balaban J connectivity index is 2.23. The van der Waals surface area contributed by atoms with E-state index in [4.69, 9.17) is 9.47 Å². The smallest absolute Gasteiger partial charge is 0.141 e. The van der Waals surface area contributed by atoms with Gasteiger partial charge < -0.3 is 14.6 Å². The fourth-order valence-corrected chi connectivity index (χ4v) is 2.13. The molecule has 0 aliphatic heterocycles. The first-order valence-electron chi connectivity index (χ1n) is 5.89. The molecular formula is C15H15BrO3. The Hall–Kier alpha value is -1.52. The number of hydrogen-bond acceptors (Lipinski definition) is 3. The van der Waals surface area contributed by atoms with E-state index in [9.17, 15) is 5.11 Å². The lowest BCUT2D eigenvalue weighted by atomic mass is 10.1. The summed E-state index contributed by atoms with van der Waals surface area (Å²) in [5.41, 5.74) is 0.838. The summed E-state index contributed by atoms with van der Waals surface area (Å²) in [7, 11) is 1.62. The first-order valence-corrected chi connectivity index (χ1v) is 6.69. The Morgan fingerprint density at radius 1 is 1.11 bits per heavy atom. The molecule has 2 aromatic rings. The van der Waals surface area contributed by atoms with Gasteiger partial charge in [-0.3, -0.25) is 0 Å². The molecule has 1 atom stereocenters. The van der Waals surface area contributed by atoms with Crippen molar-refractivity contribution in [2.45, 2.75) is 13.0 Å². The molecular weight excluding hydrogens is 308 g/mol. The molecule has 3 nitrogen and oxygen atoms in total. The Bertz CT molecular complexity index is 567. The minimum Gasteiger partial charge on any atom is -0.497 e. The van der Waals surface area contributed by atoms with E-state index in [0.29, 0.717) is 11.5 Å². The van der Waals surface area contributed by atoms with Crippen LogP contribution in [0.2, 0.25) is 0 Å². The zero-order valence-corrected chi connectivity index (χ0v) is 12.3. The van der Waals surface area contributed by atoms with Crippen molar-refractivity contribution in [1.29, 1.82) is 0 Å². The molecule has 100 valence electrons. The van der Waals surface area contributed by atoms with E-state index in [1.807, 2.05) is 42.5 Å². The van der Waals surface area contributed by atoms with Crippen LogP contribution >= 0.6 is 15.9 Å². The molecule has 1 unspecified atom stereocenters. The number of hydrogen-bond donors (Lipinski definition) is 1. The maximum Gasteiger partial charge on any atom is 0.141 e. The number of aliphatic hydroxyl groups is 1. The predicted octanol–water partition coefficient (Wildman–Crippen LogP) is 4.30. The molecule has 0 radical (unpaired) electrons. The zero-order valence-electron chi connectivity index (χ0n) is 10.8. The van der Waals surface area contributed by atoms with E-state index in [2.05, 4.69) is 15.9 Å². The first-order chi connectivity index (χ1) is 9.10. The van der Waals surface area contributed by atoms with Gasteiger partial charge in [-0.1, -0.05) is 12.1 Å². The van der Waals surface area contributed by atoms with Gasteiger partial charge in [-0.15, -0.1) is 0 Å². The summed E-state index contributed by atoms with van der Waals surface area (Å²) in [5.74, 6) is 2.14. The number of benzene rings is 2. The van der Waals surface area contributed by atoms with E-state index in [-0.39, 0.29) is 0 Å². The van der Waals surface area contributed by atoms with Crippen molar-refractivity contribution < 1.29 is 14.6 Å². The lowest BCUT2D eigenvalue weighted by molar-refractivity contribution is 0.199. The van der Waals surface area contributed by atoms with Gasteiger partial charge in [0.05, 0.1) is 17.7 Å². The standard InChI is InChI=1S/C15H15BrO3/c1-10(17)11-6-7-15(14(16)8-11)19-13-5-3-4-12(9-13)18-2/h3-10,17H,1-2H3. The minimum atomic E-state index is -0.498. The van der Waals surface area contributed by atoms with Gasteiger partial charge in [0.25, 0.3) is 0 Å². The van der Waals surface area contributed by atoms with Crippen LogP contribution in [0.25, 0.3) is 0 Å². The highest BCUT2D eigenvalue weighted by molar-refractivity contribution is 9.10. The van der Waals surface area contributed by atoms with Crippen LogP contribution in [0.5, 0.6) is 17.2 Å². The van der Waals surface area contributed by atoms with Crippen LogP contribution in [0.3, 0.4) is 0 Å². The molecule has 0 aromatic heterocycles. The molecule has 0 saturated carbocycles. The Morgan fingerprint density at radius 3 is 2.47 bits per heavy atom. The fraction of sp³-hybridized carbons (Fsp3) is 0.200. The van der Waals surface area contributed by atoms with Crippen LogP contribution in [0, 0.1) is 0 Å². The number of aliphatic hydroxyl groups excluding tert-OH is 1. The first kappa shape index (κ1) is 13.9. The summed E-state index contributed by atoms with van der Waals surface area (Å²) in [4.78, 5) is 0. The average Bonchev–Trinajstić information content (AvgIpc) is 2.41. The van der Waals surface area contributed by atoms with Crippen LogP contribution in [0.1, 0.15) is 18.6 Å². The Labute approximate surface area is 120 Å². The van der Waals surface area contributed by atoms with Gasteiger partial charge in [0.2, 0.25) is 0 Å². The van der Waals surface area contributed by atoms with Crippen LogP contribution in [-0.4, -0.2) is 12.2 Å². The number of ether oxygens (including phenoxy) is 2. The van der Waals surface area contributed by atoms with Crippen molar-refractivity contribution in [2.75, 3.05) is 7.11 Å². The van der Waals surface area contributed by atoms with Crippen molar-refractivity contribution in [1.82, 2.24) is 0 Å². The van der Waals surface area contributed by atoms with Gasteiger partial charge in [-0.25, -0.2) is 0 Å². The second kappa shape index (κ2) is 6.08. The number of methoxy groups -OCH3 is 1. The normalized spacial score (nSPS) is 12.0. The van der Waals surface area contributed by atoms with Crippen LogP contribution < -0.4 is 9.47 Å². The average molecular weight is 323 g/mol. The van der Waals surface area contributed by atoms with Crippen LogP contribution in [0.4, 0.5) is 0 Å². The summed E-state index contributed by atoms with van der Waals surface area (Å²) in [6.45, 7) is 1.73. The molecule has 1 N–H and O–H groups in total. The second-order valence-electron chi connectivity index (χ2n) is 4.15. The number of halogens is 1. The largest absolute Gasteiger partial charge is 0.497 e. The molecule has 0 heterocycles. The molecule has 0 bridgehead atoms. The summed E-state index contributed by atoms with van der Waals surface area (Å²) in [5, 5.41) is 9.52. The van der Waals surface area contributed by atoms with Crippen LogP contribution in [0.15, 0.2) is 46.9 Å². The second-order valence-corrected chi connectivity index (χ2v) is 5.00.